The van der Waals surface area contributed by atoms with Crippen molar-refractivity contribution in [3.8, 4) is 0 Å². The van der Waals surface area contributed by atoms with E-state index in [1.54, 1.807) is 29.2 Å². The Morgan fingerprint density at radius 2 is 2.12 bits per heavy atom. The number of thiocarbonyl (C=S) groups is 1. The molecule has 2 rings (SSSR count). The average Bonchev–Trinajstić information content (AvgIpc) is 2.70. The van der Waals surface area contributed by atoms with Crippen molar-refractivity contribution in [2.45, 2.75) is 6.54 Å². The van der Waals surface area contributed by atoms with Gasteiger partial charge in [-0.3, -0.25) is 4.68 Å². The molecule has 0 fully saturated rings. The van der Waals surface area contributed by atoms with Crippen molar-refractivity contribution in [1.29, 1.82) is 0 Å². The maximum absolute atomic E-state index is 12.7. The molecule has 1 aromatic heterocycles. The van der Waals surface area contributed by atoms with Crippen molar-refractivity contribution in [2.75, 3.05) is 0 Å². The van der Waals surface area contributed by atoms with Gasteiger partial charge in [-0.2, -0.15) is 10.1 Å². The smallest absolute Gasteiger partial charge is 0.123 e. The fourth-order valence-electron chi connectivity index (χ4n) is 1.33. The van der Waals surface area contributed by atoms with Gasteiger partial charge < -0.3 is 0 Å². The first kappa shape index (κ1) is 10.7. The summed E-state index contributed by atoms with van der Waals surface area (Å²) in [5, 5.41) is 6.37. The average molecular weight is 233 g/mol. The molecule has 0 N–H and O–H groups in total. The molecule has 0 unspecified atom stereocenters. The highest BCUT2D eigenvalue weighted by molar-refractivity contribution is 7.78. The summed E-state index contributed by atoms with van der Waals surface area (Å²) in [4.78, 5) is 3.80. The zero-order chi connectivity index (χ0) is 11.4. The van der Waals surface area contributed by atoms with E-state index < -0.39 is 0 Å². The number of hydrogen-bond donors (Lipinski definition) is 0. The highest BCUT2D eigenvalue weighted by Crippen LogP contribution is 2.10. The number of nitrogens with zero attached hydrogens (tertiary/aromatic N) is 3. The van der Waals surface area contributed by atoms with Crippen molar-refractivity contribution in [3.63, 3.8) is 0 Å². The summed E-state index contributed by atoms with van der Waals surface area (Å²) in [5.74, 6) is -0.241. The third-order valence-electron chi connectivity index (χ3n) is 2.05. The van der Waals surface area contributed by atoms with Gasteiger partial charge in [0.05, 0.1) is 24.1 Å². The van der Waals surface area contributed by atoms with E-state index in [1.807, 2.05) is 0 Å². The monoisotopic (exact) mass is 233 g/mol. The first-order valence-electron chi connectivity index (χ1n) is 4.63. The van der Waals surface area contributed by atoms with Crippen molar-refractivity contribution >= 4 is 23.1 Å². The van der Waals surface area contributed by atoms with Gasteiger partial charge in [-0.25, -0.2) is 4.39 Å². The molecule has 0 amide bonds. The Bertz CT molecular complexity index is 526. The van der Waals surface area contributed by atoms with Crippen molar-refractivity contribution in [3.05, 3.63) is 48.0 Å². The van der Waals surface area contributed by atoms with E-state index in [0.29, 0.717) is 12.2 Å². The van der Waals surface area contributed by atoms with Crippen LogP contribution in [0.25, 0.3) is 0 Å². The van der Waals surface area contributed by atoms with Crippen LogP contribution in [0.1, 0.15) is 5.56 Å². The van der Waals surface area contributed by atoms with Gasteiger partial charge in [0.15, 0.2) is 0 Å². The van der Waals surface area contributed by atoms with E-state index in [9.17, 15) is 4.39 Å². The molecule has 0 aliphatic rings. The van der Waals surface area contributed by atoms with E-state index in [4.69, 9.17) is 0 Å². The highest BCUT2D eigenvalue weighted by Gasteiger charge is 1.98. The van der Waals surface area contributed by atoms with Crippen LogP contribution in [0.3, 0.4) is 0 Å². The summed E-state index contributed by atoms with van der Waals surface area (Å²) in [5.41, 5.74) is 1.64. The van der Waals surface area contributed by atoms with Gasteiger partial charge >= 0.3 is 0 Å². The topological polar surface area (TPSA) is 30.2 Å². The lowest BCUT2D eigenvalue weighted by Gasteiger charge is -2.00. The van der Waals surface area contributed by atoms with Crippen LogP contribution in [0.15, 0.2) is 41.7 Å². The summed E-state index contributed by atoms with van der Waals surface area (Å²) >= 11 is 4.49. The summed E-state index contributed by atoms with van der Waals surface area (Å²) in [7, 11) is 0. The van der Waals surface area contributed by atoms with Crippen molar-refractivity contribution < 1.29 is 4.39 Å². The molecule has 80 valence electrons. The maximum Gasteiger partial charge on any atom is 0.123 e. The number of halogens is 1. The van der Waals surface area contributed by atoms with Crippen LogP contribution in [0, 0.1) is 5.82 Å². The van der Waals surface area contributed by atoms with Crippen LogP contribution < -0.4 is 0 Å². The summed E-state index contributed by atoms with van der Waals surface area (Å²) in [6, 6.07) is 6.29. The molecule has 0 aliphatic heterocycles. The normalized spacial score (nSPS) is 9.81. The number of benzene rings is 1. The van der Waals surface area contributed by atoms with Crippen LogP contribution in [0.2, 0.25) is 0 Å². The molecule has 0 spiro atoms. The Hall–Kier alpha value is -1.84. The molecular weight excluding hydrogens is 225 g/mol. The zero-order valence-corrected chi connectivity index (χ0v) is 9.12. The number of aromatic nitrogens is 2. The van der Waals surface area contributed by atoms with Gasteiger partial charge in [0.1, 0.15) is 11.5 Å². The molecule has 0 radical (unpaired) electrons. The fraction of sp³-hybridized carbons (Fsp3) is 0.0909. The van der Waals surface area contributed by atoms with E-state index in [2.05, 4.69) is 27.5 Å². The first-order chi connectivity index (χ1) is 7.78. The van der Waals surface area contributed by atoms with Crippen LogP contribution in [-0.2, 0) is 6.54 Å². The number of rotatable bonds is 3. The lowest BCUT2D eigenvalue weighted by molar-refractivity contribution is 0.624. The van der Waals surface area contributed by atoms with Crippen molar-refractivity contribution in [1.82, 2.24) is 9.78 Å². The second kappa shape index (κ2) is 4.79. The van der Waals surface area contributed by atoms with E-state index in [-0.39, 0.29) is 5.82 Å². The standard InChI is InChI=1S/C11H8FN3S/c12-10-3-1-9(2-4-10)6-15-7-11(5-14-15)13-8-16/h1-5,7H,6H2. The summed E-state index contributed by atoms with van der Waals surface area (Å²) in [6.45, 7) is 0.577. The summed E-state index contributed by atoms with van der Waals surface area (Å²) < 4.78 is 14.4. The molecule has 0 saturated heterocycles. The van der Waals surface area contributed by atoms with E-state index in [1.165, 1.54) is 12.1 Å². The predicted molar refractivity (Wildman–Crippen MR) is 62.4 cm³/mol. The SMILES string of the molecule is Fc1ccc(Cn2cc(N=C=S)cn2)cc1. The largest absolute Gasteiger partial charge is 0.266 e. The van der Waals surface area contributed by atoms with Crippen LogP contribution >= 0.6 is 12.2 Å². The molecule has 0 aliphatic carbocycles. The third-order valence-corrected chi connectivity index (χ3v) is 2.14. The Balaban J connectivity index is 2.14. The summed E-state index contributed by atoms with van der Waals surface area (Å²) in [6.07, 6.45) is 3.35. The van der Waals surface area contributed by atoms with Crippen LogP contribution in [-0.4, -0.2) is 14.9 Å². The van der Waals surface area contributed by atoms with Gasteiger partial charge in [-0.05, 0) is 29.9 Å². The van der Waals surface area contributed by atoms with Gasteiger partial charge in [0, 0.05) is 0 Å². The molecule has 0 atom stereocenters. The fourth-order valence-corrected chi connectivity index (χ4v) is 1.43. The van der Waals surface area contributed by atoms with E-state index in [0.717, 1.165) is 5.56 Å². The Morgan fingerprint density at radius 1 is 1.38 bits per heavy atom. The molecule has 2 aromatic rings. The second-order valence-corrected chi connectivity index (χ2v) is 3.41. The van der Waals surface area contributed by atoms with Gasteiger partial charge in [-0.1, -0.05) is 12.1 Å². The first-order valence-corrected chi connectivity index (χ1v) is 5.03. The zero-order valence-electron chi connectivity index (χ0n) is 8.30. The number of hydrogen-bond acceptors (Lipinski definition) is 3. The molecule has 3 nitrogen and oxygen atoms in total. The molecule has 1 heterocycles. The predicted octanol–water partition coefficient (Wildman–Crippen LogP) is 2.80. The van der Waals surface area contributed by atoms with Gasteiger partial charge in [0.25, 0.3) is 0 Å². The van der Waals surface area contributed by atoms with Crippen LogP contribution in [0.4, 0.5) is 10.1 Å². The Labute approximate surface area is 97.2 Å². The lowest BCUT2D eigenvalue weighted by atomic mass is 10.2. The lowest BCUT2D eigenvalue weighted by Crippen LogP contribution is -1.99. The van der Waals surface area contributed by atoms with Gasteiger partial charge in [-0.15, -0.1) is 0 Å². The minimum atomic E-state index is -0.241. The quantitative estimate of drug-likeness (QED) is 0.602. The highest BCUT2D eigenvalue weighted by atomic mass is 32.1. The van der Waals surface area contributed by atoms with Crippen molar-refractivity contribution in [2.24, 2.45) is 4.99 Å². The minimum absolute atomic E-state index is 0.241. The van der Waals surface area contributed by atoms with E-state index >= 15 is 0 Å². The molecule has 16 heavy (non-hydrogen) atoms. The number of isothiocyanates is 1. The van der Waals surface area contributed by atoms with Gasteiger partial charge in [0.2, 0.25) is 0 Å². The number of aliphatic imine (C=N–C) groups is 1. The maximum atomic E-state index is 12.7. The minimum Gasteiger partial charge on any atom is -0.266 e. The molecule has 0 bridgehead atoms. The molecular formula is C11H8FN3S. The molecule has 5 heteroatoms. The molecule has 0 saturated carbocycles. The Morgan fingerprint density at radius 3 is 2.81 bits per heavy atom. The van der Waals surface area contributed by atoms with Crippen LogP contribution in [0.5, 0.6) is 0 Å². The second-order valence-electron chi connectivity index (χ2n) is 3.23. The Kier molecular flexibility index (Phi) is 3.19. The third kappa shape index (κ3) is 2.59. The molecule has 1 aromatic carbocycles.